The minimum absolute atomic E-state index is 0.0536. The summed E-state index contributed by atoms with van der Waals surface area (Å²) in [5.41, 5.74) is -0.520. The smallest absolute Gasteiger partial charge is 0.338 e. The maximum atomic E-state index is 12.9. The average molecular weight is 655 g/mol. The maximum Gasteiger partial charge on any atom is 0.338 e. The van der Waals surface area contributed by atoms with Crippen molar-refractivity contribution in [1.82, 2.24) is 0 Å². The van der Waals surface area contributed by atoms with Gasteiger partial charge in [0.2, 0.25) is 0 Å². The molecule has 47 heavy (non-hydrogen) atoms. The maximum absolute atomic E-state index is 12.9. The Bertz CT molecular complexity index is 1430. The van der Waals surface area contributed by atoms with Gasteiger partial charge in [0, 0.05) is 52.4 Å². The highest BCUT2D eigenvalue weighted by atomic mass is 16.6. The number of aliphatic hydroxyl groups excluding tert-OH is 1. The van der Waals surface area contributed by atoms with E-state index in [-0.39, 0.29) is 50.5 Å². The largest absolute Gasteiger partial charge is 0.497 e. The number of esters is 4. The van der Waals surface area contributed by atoms with Crippen LogP contribution in [-0.2, 0) is 28.5 Å². The Balaban J connectivity index is 1.50. The van der Waals surface area contributed by atoms with Gasteiger partial charge in [-0.3, -0.25) is 9.59 Å². The van der Waals surface area contributed by atoms with Gasteiger partial charge in [-0.25, -0.2) is 9.59 Å². The monoisotopic (exact) mass is 654 g/mol. The van der Waals surface area contributed by atoms with Gasteiger partial charge in [0.25, 0.3) is 0 Å². The Morgan fingerprint density at radius 3 is 1.70 bits per heavy atom. The van der Waals surface area contributed by atoms with E-state index in [1.807, 2.05) is 6.08 Å². The van der Waals surface area contributed by atoms with Crippen LogP contribution in [0.2, 0.25) is 0 Å². The Morgan fingerprint density at radius 2 is 1.19 bits per heavy atom. The molecule has 0 spiro atoms. The molecule has 0 unspecified atom stereocenters. The van der Waals surface area contributed by atoms with Crippen LogP contribution in [0.5, 0.6) is 11.5 Å². The zero-order chi connectivity index (χ0) is 34.1. The second-order valence-electron chi connectivity index (χ2n) is 12.0. The van der Waals surface area contributed by atoms with Crippen molar-refractivity contribution in [3.05, 3.63) is 71.3 Å². The second kappa shape index (κ2) is 15.9. The Morgan fingerprint density at radius 1 is 0.702 bits per heavy atom. The number of methoxy groups -OCH3 is 2. The zero-order valence-corrected chi connectivity index (χ0v) is 27.0. The van der Waals surface area contributed by atoms with E-state index in [2.05, 4.69) is 0 Å². The van der Waals surface area contributed by atoms with Gasteiger partial charge in [0.05, 0.1) is 37.1 Å². The molecule has 0 bridgehead atoms. The molecule has 0 heterocycles. The highest BCUT2D eigenvalue weighted by molar-refractivity contribution is 5.90. The van der Waals surface area contributed by atoms with Crippen molar-refractivity contribution in [3.8, 4) is 11.5 Å². The van der Waals surface area contributed by atoms with E-state index in [1.165, 1.54) is 28.1 Å². The molecule has 0 saturated heterocycles. The third kappa shape index (κ3) is 10.0. The summed E-state index contributed by atoms with van der Waals surface area (Å²) >= 11 is 0. The lowest BCUT2D eigenvalue weighted by atomic mass is 9.83. The molecule has 6 atom stereocenters. The molecule has 12 nitrogen and oxygen atoms in total. The minimum atomic E-state index is -1.78. The number of benzene rings is 2. The highest BCUT2D eigenvalue weighted by Gasteiger charge is 2.45. The second-order valence-corrected chi connectivity index (χ2v) is 12.0. The molecular weight excluding hydrogens is 612 g/mol. The fourth-order valence-corrected chi connectivity index (χ4v) is 6.08. The lowest BCUT2D eigenvalue weighted by Gasteiger charge is -2.34. The van der Waals surface area contributed by atoms with Crippen LogP contribution in [0.1, 0.15) is 79.5 Å². The van der Waals surface area contributed by atoms with Crippen LogP contribution in [0.15, 0.2) is 60.2 Å². The molecule has 254 valence electrons. The number of rotatable bonds is 10. The van der Waals surface area contributed by atoms with Crippen LogP contribution < -0.4 is 9.47 Å². The third-order valence-electron chi connectivity index (χ3n) is 8.30. The lowest BCUT2D eigenvalue weighted by molar-refractivity contribution is -0.152. The molecule has 4 rings (SSSR count). The van der Waals surface area contributed by atoms with Crippen LogP contribution in [0.3, 0.4) is 0 Å². The molecule has 2 aliphatic carbocycles. The summed E-state index contributed by atoms with van der Waals surface area (Å²) in [5.74, 6) is -1.12. The summed E-state index contributed by atoms with van der Waals surface area (Å²) in [6.45, 7) is 2.52. The molecule has 2 aromatic rings. The van der Waals surface area contributed by atoms with E-state index in [1.54, 1.807) is 48.5 Å². The number of carbonyl (C=O) groups excluding carboxylic acids is 4. The molecule has 12 heteroatoms. The van der Waals surface area contributed by atoms with Gasteiger partial charge in [-0.05, 0) is 55.0 Å². The molecule has 2 N–H and O–H groups in total. The van der Waals surface area contributed by atoms with Crippen molar-refractivity contribution in [2.45, 2.75) is 94.9 Å². The number of hydrogen-bond acceptors (Lipinski definition) is 12. The van der Waals surface area contributed by atoms with Gasteiger partial charge in [0.1, 0.15) is 35.9 Å². The lowest BCUT2D eigenvalue weighted by Crippen LogP contribution is -2.45. The number of ether oxygens (including phenoxy) is 6. The first-order valence-corrected chi connectivity index (χ1v) is 15.5. The fraction of sp³-hybridized carbons (Fsp3) is 0.486. The third-order valence-corrected chi connectivity index (χ3v) is 8.30. The van der Waals surface area contributed by atoms with Crippen molar-refractivity contribution in [2.24, 2.45) is 0 Å². The Hall–Kier alpha value is -4.42. The Labute approximate surface area is 273 Å². The van der Waals surface area contributed by atoms with Gasteiger partial charge in [-0.15, -0.1) is 0 Å². The van der Waals surface area contributed by atoms with Crippen molar-refractivity contribution in [2.75, 3.05) is 14.2 Å². The summed E-state index contributed by atoms with van der Waals surface area (Å²) < 4.78 is 32.8. The Kier molecular flexibility index (Phi) is 12.0. The average Bonchev–Trinajstić information content (AvgIpc) is 3.26. The van der Waals surface area contributed by atoms with Gasteiger partial charge >= 0.3 is 23.9 Å². The molecule has 2 aliphatic rings. The fourth-order valence-electron chi connectivity index (χ4n) is 6.08. The normalized spacial score (nSPS) is 26.0. The van der Waals surface area contributed by atoms with Crippen LogP contribution in [-0.4, -0.2) is 84.4 Å². The molecule has 0 radical (unpaired) electrons. The number of hydrogen-bond donors (Lipinski definition) is 2. The summed E-state index contributed by atoms with van der Waals surface area (Å²) in [6, 6.07) is 12.8. The van der Waals surface area contributed by atoms with E-state index in [4.69, 9.17) is 28.4 Å². The van der Waals surface area contributed by atoms with E-state index < -0.39 is 60.0 Å². The first-order chi connectivity index (χ1) is 22.4. The van der Waals surface area contributed by atoms with Crippen LogP contribution in [0, 0.1) is 0 Å². The SMILES string of the molecule is COc1ccc(C(=O)O[C@H]2CC=C(C[C@@]3(O)C[C@@H](OC(C)=O)C[C@H](OC(=O)c4ccc(OC)cc4)C[C@@H]3O)C[C@H](OC(C)=O)C2)cc1. The van der Waals surface area contributed by atoms with Crippen molar-refractivity contribution in [3.63, 3.8) is 0 Å². The summed E-state index contributed by atoms with van der Waals surface area (Å²) in [4.78, 5) is 49.7. The van der Waals surface area contributed by atoms with E-state index in [0.29, 0.717) is 22.6 Å². The van der Waals surface area contributed by atoms with Gasteiger partial charge in [-0.2, -0.15) is 0 Å². The van der Waals surface area contributed by atoms with Crippen molar-refractivity contribution in [1.29, 1.82) is 0 Å². The van der Waals surface area contributed by atoms with Gasteiger partial charge in [-0.1, -0.05) is 11.6 Å². The standard InChI is InChI=1S/C35H42O12/c1-21(36)44-29-15-23(5-10-28(16-29)46-33(39)24-6-11-26(42-3)12-7-24)19-35(41)20-31(45-22(2)37)17-30(18-32(35)38)47-34(40)25-8-13-27(43-4)14-9-25/h5-9,11-14,28-32,38,41H,10,15-20H2,1-4H3/t28-,29-,30-,31-,32-,35+/m0/s1. The number of carbonyl (C=O) groups is 4. The minimum Gasteiger partial charge on any atom is -0.497 e. The zero-order valence-electron chi connectivity index (χ0n) is 27.0. The summed E-state index contributed by atoms with van der Waals surface area (Å²) in [5, 5.41) is 23.2. The molecule has 1 saturated carbocycles. The van der Waals surface area contributed by atoms with Crippen LogP contribution in [0.25, 0.3) is 0 Å². The molecule has 0 aromatic heterocycles. The highest BCUT2D eigenvalue weighted by Crippen LogP contribution is 2.38. The summed E-state index contributed by atoms with van der Waals surface area (Å²) in [6.07, 6.45) is -2.08. The van der Waals surface area contributed by atoms with Gasteiger partial charge in [0.15, 0.2) is 0 Å². The van der Waals surface area contributed by atoms with Gasteiger partial charge < -0.3 is 38.6 Å². The topological polar surface area (TPSA) is 164 Å². The predicted octanol–water partition coefficient (Wildman–Crippen LogP) is 4.09. The van der Waals surface area contributed by atoms with Crippen molar-refractivity contribution < 1.29 is 57.8 Å². The van der Waals surface area contributed by atoms with Crippen LogP contribution in [0.4, 0.5) is 0 Å². The van der Waals surface area contributed by atoms with Crippen molar-refractivity contribution >= 4 is 23.9 Å². The first kappa shape index (κ1) is 35.4. The van der Waals surface area contributed by atoms with E-state index in [9.17, 15) is 29.4 Å². The van der Waals surface area contributed by atoms with Crippen LogP contribution >= 0.6 is 0 Å². The molecule has 1 fully saturated rings. The molecule has 2 aromatic carbocycles. The molecule has 0 amide bonds. The van der Waals surface area contributed by atoms with E-state index >= 15 is 0 Å². The summed E-state index contributed by atoms with van der Waals surface area (Å²) in [7, 11) is 3.03. The molecular formula is C35H42O12. The quantitative estimate of drug-likeness (QED) is 0.163. The van der Waals surface area contributed by atoms with E-state index in [0.717, 1.165) is 0 Å². The predicted molar refractivity (Wildman–Crippen MR) is 167 cm³/mol. The molecule has 0 aliphatic heterocycles. The first-order valence-electron chi connectivity index (χ1n) is 15.5. The number of aliphatic hydroxyl groups is 2.